The Balaban J connectivity index is 0.000000774. The van der Waals surface area contributed by atoms with Crippen LogP contribution in [-0.2, 0) is 19.5 Å². The Morgan fingerprint density at radius 2 is 1.86 bits per heavy atom. The first-order chi connectivity index (χ1) is 10.1. The Hall–Kier alpha value is -2.00. The van der Waals surface area contributed by atoms with Gasteiger partial charge < -0.3 is 16.4 Å². The van der Waals surface area contributed by atoms with E-state index in [0.29, 0.717) is 6.54 Å². The van der Waals surface area contributed by atoms with Gasteiger partial charge in [-0.2, -0.15) is 0 Å². The number of nitrogens with zero attached hydrogens (tertiary/aromatic N) is 1. The molecule has 3 heteroatoms. The van der Waals surface area contributed by atoms with Crippen LogP contribution in [0.4, 0.5) is 0 Å². The first kappa shape index (κ1) is 15.4. The molecule has 0 bridgehead atoms. The molecular formula is C18H25N3. The lowest BCUT2D eigenvalue weighted by Gasteiger charge is -2.39. The molecular weight excluding hydrogens is 258 g/mol. The summed E-state index contributed by atoms with van der Waals surface area (Å²) < 4.78 is 0. The summed E-state index contributed by atoms with van der Waals surface area (Å²) in [5, 5.41) is 0. The maximum Gasteiger partial charge on any atom is 0.0683 e. The van der Waals surface area contributed by atoms with Gasteiger partial charge in [-0.25, -0.2) is 0 Å². The van der Waals surface area contributed by atoms with Crippen LogP contribution in [0.15, 0.2) is 53.9 Å². The van der Waals surface area contributed by atoms with Crippen LogP contribution in [0.3, 0.4) is 0 Å². The molecule has 0 spiro atoms. The van der Waals surface area contributed by atoms with Gasteiger partial charge in [0.1, 0.15) is 0 Å². The summed E-state index contributed by atoms with van der Waals surface area (Å²) in [5.74, 6) is 0. The first-order valence-corrected chi connectivity index (χ1v) is 7.56. The average Bonchev–Trinajstić information content (AvgIpc) is 2.55. The highest BCUT2D eigenvalue weighted by Crippen LogP contribution is 2.38. The maximum atomic E-state index is 6.02. The van der Waals surface area contributed by atoms with Crippen LogP contribution in [0.5, 0.6) is 0 Å². The van der Waals surface area contributed by atoms with Gasteiger partial charge in [0, 0.05) is 30.8 Å². The largest absolute Gasteiger partial charge is 0.397 e. The fourth-order valence-corrected chi connectivity index (χ4v) is 2.84. The van der Waals surface area contributed by atoms with Gasteiger partial charge in [-0.05, 0) is 23.1 Å². The van der Waals surface area contributed by atoms with E-state index in [1.54, 1.807) is 0 Å². The van der Waals surface area contributed by atoms with Gasteiger partial charge in [-0.15, -0.1) is 0 Å². The van der Waals surface area contributed by atoms with E-state index in [4.69, 9.17) is 11.5 Å². The van der Waals surface area contributed by atoms with E-state index in [0.717, 1.165) is 42.1 Å². The zero-order valence-electron chi connectivity index (χ0n) is 13.1. The Morgan fingerprint density at radius 3 is 2.48 bits per heavy atom. The minimum Gasteiger partial charge on any atom is -0.397 e. The summed E-state index contributed by atoms with van der Waals surface area (Å²) in [5.41, 5.74) is 19.4. The van der Waals surface area contributed by atoms with E-state index in [1.165, 1.54) is 16.7 Å². The molecule has 2 aliphatic rings. The van der Waals surface area contributed by atoms with Gasteiger partial charge >= 0.3 is 0 Å². The van der Waals surface area contributed by atoms with Gasteiger partial charge in [0.25, 0.3) is 0 Å². The number of nitrogens with two attached hydrogens (primary N) is 2. The summed E-state index contributed by atoms with van der Waals surface area (Å²) in [6.07, 6.45) is 1.04. The Morgan fingerprint density at radius 1 is 1.14 bits per heavy atom. The minimum atomic E-state index is 0.585. The van der Waals surface area contributed by atoms with Crippen LogP contribution >= 0.6 is 0 Å². The van der Waals surface area contributed by atoms with Crippen molar-refractivity contribution in [1.29, 1.82) is 0 Å². The maximum absolute atomic E-state index is 6.02. The standard InChI is InChI=1S/C16H19N3.C2H6/c1-10-11(2)16(15(10)18)19-6-5-13-4-3-12(8-17)7-14(13)9-19;1-2/h3-4,7H,1-2,5-6,8-9,17-18H2;1-2H3. The summed E-state index contributed by atoms with van der Waals surface area (Å²) in [6.45, 7) is 14.4. The van der Waals surface area contributed by atoms with Crippen LogP contribution < -0.4 is 11.5 Å². The highest BCUT2D eigenvalue weighted by atomic mass is 15.2. The number of hydrogen-bond acceptors (Lipinski definition) is 3. The van der Waals surface area contributed by atoms with Crippen molar-refractivity contribution in [2.45, 2.75) is 33.4 Å². The van der Waals surface area contributed by atoms with Gasteiger partial charge in [-0.1, -0.05) is 45.2 Å². The molecule has 3 rings (SSSR count). The number of hydrogen-bond donors (Lipinski definition) is 2. The molecule has 1 aliphatic heterocycles. The molecule has 0 unspecified atom stereocenters. The van der Waals surface area contributed by atoms with Gasteiger partial charge in [-0.3, -0.25) is 0 Å². The average molecular weight is 283 g/mol. The number of rotatable bonds is 2. The molecule has 4 N–H and O–H groups in total. The molecule has 112 valence electrons. The highest BCUT2D eigenvalue weighted by Gasteiger charge is 2.30. The molecule has 0 atom stereocenters. The quantitative estimate of drug-likeness (QED) is 0.877. The zero-order chi connectivity index (χ0) is 15.6. The number of allylic oxidation sites excluding steroid dienone is 2. The second-order valence-corrected chi connectivity index (χ2v) is 5.20. The van der Waals surface area contributed by atoms with Crippen molar-refractivity contribution < 1.29 is 0 Å². The second kappa shape index (κ2) is 6.19. The third kappa shape index (κ3) is 2.61. The monoisotopic (exact) mass is 283 g/mol. The van der Waals surface area contributed by atoms with Crippen LogP contribution in [-0.4, -0.2) is 11.4 Å². The molecule has 1 heterocycles. The van der Waals surface area contributed by atoms with Crippen molar-refractivity contribution in [3.05, 3.63) is 70.6 Å². The van der Waals surface area contributed by atoms with Gasteiger partial charge in [0.05, 0.1) is 11.4 Å². The highest BCUT2D eigenvalue weighted by molar-refractivity contribution is 5.65. The molecule has 0 fully saturated rings. The normalized spacial score (nSPS) is 17.0. The molecule has 0 radical (unpaired) electrons. The molecule has 0 saturated heterocycles. The molecule has 0 saturated carbocycles. The molecule has 0 amide bonds. The predicted octanol–water partition coefficient (Wildman–Crippen LogP) is 2.83. The minimum absolute atomic E-state index is 0.585. The predicted molar refractivity (Wildman–Crippen MR) is 89.3 cm³/mol. The van der Waals surface area contributed by atoms with Crippen LogP contribution in [0.1, 0.15) is 30.5 Å². The Labute approximate surface area is 127 Å². The fraction of sp³-hybridized carbons (Fsp3) is 0.333. The van der Waals surface area contributed by atoms with E-state index in [-0.39, 0.29) is 0 Å². The summed E-state index contributed by atoms with van der Waals surface area (Å²) >= 11 is 0. The van der Waals surface area contributed by atoms with Crippen LogP contribution in [0.25, 0.3) is 0 Å². The molecule has 1 aromatic rings. The van der Waals surface area contributed by atoms with Crippen LogP contribution in [0, 0.1) is 0 Å². The van der Waals surface area contributed by atoms with Crippen molar-refractivity contribution in [1.82, 2.24) is 4.90 Å². The lowest BCUT2D eigenvalue weighted by atomic mass is 9.87. The lowest BCUT2D eigenvalue weighted by Crippen LogP contribution is -2.37. The molecule has 1 aliphatic carbocycles. The molecule has 3 nitrogen and oxygen atoms in total. The summed E-state index contributed by atoms with van der Waals surface area (Å²) in [6, 6.07) is 6.52. The summed E-state index contributed by atoms with van der Waals surface area (Å²) in [4.78, 5) is 2.30. The second-order valence-electron chi connectivity index (χ2n) is 5.20. The molecule has 0 aromatic heterocycles. The van der Waals surface area contributed by atoms with Crippen molar-refractivity contribution >= 4 is 0 Å². The van der Waals surface area contributed by atoms with Crippen molar-refractivity contribution in [3.63, 3.8) is 0 Å². The van der Waals surface area contributed by atoms with E-state index >= 15 is 0 Å². The first-order valence-electron chi connectivity index (χ1n) is 7.56. The van der Waals surface area contributed by atoms with E-state index < -0.39 is 0 Å². The van der Waals surface area contributed by atoms with Gasteiger partial charge in [0.2, 0.25) is 0 Å². The van der Waals surface area contributed by atoms with E-state index in [2.05, 4.69) is 36.3 Å². The van der Waals surface area contributed by atoms with Crippen LogP contribution in [0.2, 0.25) is 0 Å². The van der Waals surface area contributed by atoms with Gasteiger partial charge in [0.15, 0.2) is 0 Å². The van der Waals surface area contributed by atoms with E-state index in [1.807, 2.05) is 13.8 Å². The fourth-order valence-electron chi connectivity index (χ4n) is 2.84. The molecule has 1 aromatic carbocycles. The van der Waals surface area contributed by atoms with E-state index in [9.17, 15) is 0 Å². The smallest absolute Gasteiger partial charge is 0.0683 e. The number of fused-ring (bicyclic) bond motifs is 1. The third-order valence-electron chi connectivity index (χ3n) is 4.07. The Bertz CT molecular complexity index is 611. The summed E-state index contributed by atoms with van der Waals surface area (Å²) in [7, 11) is 0. The number of benzene rings is 1. The lowest BCUT2D eigenvalue weighted by molar-refractivity contribution is 0.320. The SMILES string of the molecule is C=C1C(=C)C(N2CCc3ccc(CN)cc3C2)=C1N.CC. The van der Waals surface area contributed by atoms with Crippen molar-refractivity contribution in [3.8, 4) is 0 Å². The Kier molecular flexibility index (Phi) is 4.53. The van der Waals surface area contributed by atoms with Crippen molar-refractivity contribution in [2.24, 2.45) is 11.5 Å². The zero-order valence-corrected chi connectivity index (χ0v) is 13.1. The molecule has 21 heavy (non-hydrogen) atoms. The van der Waals surface area contributed by atoms with Crippen molar-refractivity contribution in [2.75, 3.05) is 6.54 Å². The topological polar surface area (TPSA) is 55.3 Å². The third-order valence-corrected chi connectivity index (χ3v) is 4.07.